The Morgan fingerprint density at radius 2 is 1.78 bits per heavy atom. The Labute approximate surface area is 163 Å². The highest BCUT2D eigenvalue weighted by Crippen LogP contribution is 2.22. The van der Waals surface area contributed by atoms with E-state index in [1.54, 1.807) is 0 Å². The highest BCUT2D eigenvalue weighted by atomic mass is 16.2. The van der Waals surface area contributed by atoms with Crippen molar-refractivity contribution in [2.45, 2.75) is 26.7 Å². The van der Waals surface area contributed by atoms with Gasteiger partial charge in [-0.2, -0.15) is 0 Å². The molecule has 0 saturated carbocycles. The summed E-state index contributed by atoms with van der Waals surface area (Å²) in [5.74, 6) is 0.499. The number of piperazine rings is 1. The van der Waals surface area contributed by atoms with Crippen LogP contribution in [0.4, 0.5) is 5.69 Å². The number of quaternary nitrogens is 1. The van der Waals surface area contributed by atoms with Gasteiger partial charge in [-0.25, -0.2) is 0 Å². The number of hydrogen-bond acceptors (Lipinski definition) is 2. The van der Waals surface area contributed by atoms with E-state index in [2.05, 4.69) is 61.3 Å². The zero-order chi connectivity index (χ0) is 19.2. The number of nitrogens with zero attached hydrogens (tertiary/aromatic N) is 1. The number of nitrogens with one attached hydrogen (secondary N) is 2. The second-order valence-electron chi connectivity index (χ2n) is 7.75. The lowest BCUT2D eigenvalue weighted by molar-refractivity contribution is -0.892. The van der Waals surface area contributed by atoms with Crippen LogP contribution < -0.4 is 15.1 Å². The Morgan fingerprint density at radius 3 is 2.48 bits per heavy atom. The maximum atomic E-state index is 12.4. The van der Waals surface area contributed by atoms with E-state index in [4.69, 9.17) is 0 Å². The molecule has 0 radical (unpaired) electrons. The lowest BCUT2D eigenvalue weighted by atomic mass is 10.0. The van der Waals surface area contributed by atoms with Gasteiger partial charge in [0, 0.05) is 12.2 Å². The van der Waals surface area contributed by atoms with Crippen molar-refractivity contribution in [1.29, 1.82) is 0 Å². The molecule has 0 unspecified atom stereocenters. The van der Waals surface area contributed by atoms with Gasteiger partial charge in [0.25, 0.3) is 5.91 Å². The minimum Gasteiger partial charge on any atom is -0.360 e. The summed E-state index contributed by atoms with van der Waals surface area (Å²) in [6.07, 6.45) is 0. The molecule has 2 N–H and O–H groups in total. The first kappa shape index (κ1) is 19.4. The van der Waals surface area contributed by atoms with E-state index in [-0.39, 0.29) is 5.91 Å². The Morgan fingerprint density at radius 1 is 1.07 bits per heavy atom. The van der Waals surface area contributed by atoms with Crippen LogP contribution in [0.15, 0.2) is 48.5 Å². The Bertz CT molecular complexity index is 751. The molecule has 1 aliphatic heterocycles. The van der Waals surface area contributed by atoms with Crippen molar-refractivity contribution in [2.75, 3.05) is 44.2 Å². The summed E-state index contributed by atoms with van der Waals surface area (Å²) < 4.78 is 0. The van der Waals surface area contributed by atoms with Crippen LogP contribution in [0.3, 0.4) is 0 Å². The average molecular weight is 367 g/mol. The maximum absolute atomic E-state index is 12.4. The Balaban J connectivity index is 1.43. The highest BCUT2D eigenvalue weighted by molar-refractivity contribution is 5.76. The number of amides is 1. The van der Waals surface area contributed by atoms with Crippen molar-refractivity contribution >= 4 is 11.6 Å². The summed E-state index contributed by atoms with van der Waals surface area (Å²) in [5.41, 5.74) is 5.32. The van der Waals surface area contributed by atoms with E-state index in [0.717, 1.165) is 26.2 Å². The predicted molar refractivity (Wildman–Crippen MR) is 112 cm³/mol. The smallest absolute Gasteiger partial charge is 0.275 e. The van der Waals surface area contributed by atoms with Gasteiger partial charge in [-0.3, -0.25) is 4.79 Å². The second-order valence-corrected chi connectivity index (χ2v) is 7.75. The fraction of sp³-hybridized carbons (Fsp3) is 0.435. The lowest BCUT2D eigenvalue weighted by Gasteiger charge is -2.34. The topological polar surface area (TPSA) is 36.8 Å². The summed E-state index contributed by atoms with van der Waals surface area (Å²) in [6.45, 7) is 11.8. The standard InChI is InChI=1S/C23H31N3O/c1-18-8-7-11-22(20(18)3)26-14-12-25(13-15-26)17-23(27)24-16-19(2)21-9-5-4-6-10-21/h4-11,19H,12-17H2,1-3H3,(H,24,27)/p+1/t19-/m0/s1. The van der Waals surface area contributed by atoms with Crippen LogP contribution in [0.5, 0.6) is 0 Å². The summed E-state index contributed by atoms with van der Waals surface area (Å²) >= 11 is 0. The van der Waals surface area contributed by atoms with E-state index in [1.807, 2.05) is 18.2 Å². The van der Waals surface area contributed by atoms with Gasteiger partial charge < -0.3 is 15.1 Å². The van der Waals surface area contributed by atoms with Gasteiger partial charge in [0.15, 0.2) is 6.54 Å². The number of benzene rings is 2. The van der Waals surface area contributed by atoms with Crippen molar-refractivity contribution < 1.29 is 9.69 Å². The van der Waals surface area contributed by atoms with Crippen LogP contribution in [0.1, 0.15) is 29.5 Å². The van der Waals surface area contributed by atoms with Crippen molar-refractivity contribution in [3.05, 3.63) is 65.2 Å². The molecular weight excluding hydrogens is 334 g/mol. The molecule has 0 spiro atoms. The number of anilines is 1. The molecule has 0 aromatic heterocycles. The van der Waals surface area contributed by atoms with Crippen LogP contribution in [0.25, 0.3) is 0 Å². The molecule has 27 heavy (non-hydrogen) atoms. The fourth-order valence-corrected chi connectivity index (χ4v) is 3.77. The lowest BCUT2D eigenvalue weighted by Crippen LogP contribution is -3.16. The number of hydrogen-bond donors (Lipinski definition) is 2. The summed E-state index contributed by atoms with van der Waals surface area (Å²) in [7, 11) is 0. The molecule has 4 heteroatoms. The van der Waals surface area contributed by atoms with E-state index in [9.17, 15) is 4.79 Å². The molecular formula is C23H32N3O+. The first-order valence-corrected chi connectivity index (χ1v) is 10.0. The molecule has 1 amide bonds. The van der Waals surface area contributed by atoms with Gasteiger partial charge in [0.1, 0.15) is 0 Å². The van der Waals surface area contributed by atoms with E-state index in [0.29, 0.717) is 19.0 Å². The molecule has 1 heterocycles. The SMILES string of the molecule is Cc1cccc(N2CC[NH+](CC(=O)NC[C@H](C)c3ccccc3)CC2)c1C. The minimum absolute atomic E-state index is 0.160. The van der Waals surface area contributed by atoms with Crippen LogP contribution >= 0.6 is 0 Å². The second kappa shape index (κ2) is 9.05. The molecule has 1 saturated heterocycles. The Hall–Kier alpha value is -2.33. The van der Waals surface area contributed by atoms with Crippen LogP contribution in [-0.2, 0) is 4.79 Å². The monoisotopic (exact) mass is 366 g/mol. The molecule has 1 atom stereocenters. The van der Waals surface area contributed by atoms with Crippen molar-refractivity contribution in [3.63, 3.8) is 0 Å². The molecule has 0 aliphatic carbocycles. The van der Waals surface area contributed by atoms with Crippen LogP contribution in [-0.4, -0.2) is 45.2 Å². The number of rotatable bonds is 6. The van der Waals surface area contributed by atoms with Crippen molar-refractivity contribution in [1.82, 2.24) is 5.32 Å². The van der Waals surface area contributed by atoms with Gasteiger partial charge in [-0.1, -0.05) is 49.4 Å². The zero-order valence-electron chi connectivity index (χ0n) is 16.8. The normalized spacial score (nSPS) is 16.2. The van der Waals surface area contributed by atoms with Gasteiger partial charge >= 0.3 is 0 Å². The third kappa shape index (κ3) is 5.10. The summed E-state index contributed by atoms with van der Waals surface area (Å²) in [5, 5.41) is 3.11. The average Bonchev–Trinajstić information content (AvgIpc) is 2.70. The maximum Gasteiger partial charge on any atom is 0.275 e. The molecule has 2 aromatic rings. The third-order valence-corrected chi connectivity index (χ3v) is 5.77. The molecule has 1 fully saturated rings. The number of carbonyl (C=O) groups is 1. The first-order valence-electron chi connectivity index (χ1n) is 10.0. The first-order chi connectivity index (χ1) is 13.0. The van der Waals surface area contributed by atoms with Gasteiger partial charge in [0.05, 0.1) is 26.2 Å². The quantitative estimate of drug-likeness (QED) is 0.820. The van der Waals surface area contributed by atoms with Gasteiger partial charge in [0.2, 0.25) is 0 Å². The molecule has 0 bridgehead atoms. The third-order valence-electron chi connectivity index (χ3n) is 5.77. The summed E-state index contributed by atoms with van der Waals surface area (Å²) in [6, 6.07) is 16.9. The van der Waals surface area contributed by atoms with Crippen LogP contribution in [0, 0.1) is 13.8 Å². The molecule has 2 aromatic carbocycles. The highest BCUT2D eigenvalue weighted by Gasteiger charge is 2.23. The molecule has 4 nitrogen and oxygen atoms in total. The van der Waals surface area contributed by atoms with Crippen molar-refractivity contribution in [2.24, 2.45) is 0 Å². The largest absolute Gasteiger partial charge is 0.360 e. The zero-order valence-corrected chi connectivity index (χ0v) is 16.8. The van der Waals surface area contributed by atoms with Gasteiger partial charge in [-0.15, -0.1) is 0 Å². The van der Waals surface area contributed by atoms with Crippen LogP contribution in [0.2, 0.25) is 0 Å². The summed E-state index contributed by atoms with van der Waals surface area (Å²) in [4.78, 5) is 16.2. The Kier molecular flexibility index (Phi) is 6.51. The van der Waals surface area contributed by atoms with Crippen molar-refractivity contribution in [3.8, 4) is 0 Å². The number of carbonyl (C=O) groups excluding carboxylic acids is 1. The number of aryl methyl sites for hydroxylation is 1. The molecule has 1 aliphatic rings. The van der Waals surface area contributed by atoms with E-state index in [1.165, 1.54) is 27.3 Å². The fourth-order valence-electron chi connectivity index (χ4n) is 3.77. The van der Waals surface area contributed by atoms with E-state index < -0.39 is 0 Å². The molecule has 144 valence electrons. The minimum atomic E-state index is 0.160. The molecule has 3 rings (SSSR count). The van der Waals surface area contributed by atoms with Gasteiger partial charge in [-0.05, 0) is 42.5 Å². The predicted octanol–water partition coefficient (Wildman–Crippen LogP) is 1.93. The van der Waals surface area contributed by atoms with E-state index >= 15 is 0 Å².